The van der Waals surface area contributed by atoms with Crippen LogP contribution in [-0.4, -0.2) is 21.4 Å². The molecule has 0 radical (unpaired) electrons. The van der Waals surface area contributed by atoms with E-state index in [4.69, 9.17) is 15.7 Å². The second-order valence-electron chi connectivity index (χ2n) is 6.16. The summed E-state index contributed by atoms with van der Waals surface area (Å²) in [6.45, 7) is 3.87. The summed E-state index contributed by atoms with van der Waals surface area (Å²) in [5.41, 5.74) is 3.98. The number of nitrogens with two attached hydrogens (primary N) is 1. The first-order valence-corrected chi connectivity index (χ1v) is 8.24. The second kappa shape index (κ2) is 7.16. The van der Waals surface area contributed by atoms with Crippen LogP contribution in [0.4, 0.5) is 8.78 Å². The summed E-state index contributed by atoms with van der Waals surface area (Å²) in [5, 5.41) is 19.8. The van der Waals surface area contributed by atoms with Crippen LogP contribution in [0.3, 0.4) is 0 Å². The number of aromatic nitrogens is 2. The van der Waals surface area contributed by atoms with Gasteiger partial charge in [0.25, 0.3) is 0 Å². The molecule has 0 bridgehead atoms. The zero-order valence-electron chi connectivity index (χ0n) is 15.5. The van der Waals surface area contributed by atoms with Crippen molar-refractivity contribution in [2.24, 2.45) is 12.8 Å². The average molecular weight is 398 g/mol. The molecule has 0 aliphatic heterocycles. The summed E-state index contributed by atoms with van der Waals surface area (Å²) >= 11 is 0. The molecular weight excluding hydrogens is 382 g/mol. The lowest BCUT2D eigenvalue weighted by Gasteiger charge is -2.07. The van der Waals surface area contributed by atoms with Crippen molar-refractivity contribution in [1.82, 2.24) is 9.13 Å². The highest BCUT2D eigenvalue weighted by atomic mass is 19.1. The first kappa shape index (κ1) is 19.7. The SMILES string of the molecule is C=c1cc(OC)c(O)c/c1=c1/c(=C\N)n(C)c(=O)n1-c1c(F)cc(C#N)cc1F. The van der Waals surface area contributed by atoms with E-state index < -0.39 is 23.0 Å². The van der Waals surface area contributed by atoms with Gasteiger partial charge in [-0.1, -0.05) is 6.58 Å². The van der Waals surface area contributed by atoms with Gasteiger partial charge in [-0.2, -0.15) is 5.26 Å². The quantitative estimate of drug-likeness (QED) is 0.651. The molecule has 9 heteroatoms. The number of hydrogen-bond acceptors (Lipinski definition) is 5. The molecule has 7 nitrogen and oxygen atoms in total. The Morgan fingerprint density at radius 2 is 1.90 bits per heavy atom. The highest BCUT2D eigenvalue weighted by Gasteiger charge is 2.19. The number of phenolic OH excluding ortho intramolecular Hbond substituents is 1. The van der Waals surface area contributed by atoms with Crippen molar-refractivity contribution < 1.29 is 18.6 Å². The molecule has 0 aliphatic carbocycles. The normalized spacial score (nSPS) is 12.7. The molecule has 0 amide bonds. The molecule has 0 aliphatic rings. The molecule has 148 valence electrons. The first-order chi connectivity index (χ1) is 13.7. The monoisotopic (exact) mass is 398 g/mol. The topological polar surface area (TPSA) is 106 Å². The van der Waals surface area contributed by atoms with Crippen molar-refractivity contribution in [2.75, 3.05) is 7.11 Å². The minimum absolute atomic E-state index is 0.0189. The molecule has 1 aromatic heterocycles. The summed E-state index contributed by atoms with van der Waals surface area (Å²) in [5.74, 6) is -2.34. The Labute approximate surface area is 162 Å². The lowest BCUT2D eigenvalue weighted by Crippen LogP contribution is -2.27. The van der Waals surface area contributed by atoms with Crippen molar-refractivity contribution in [3.8, 4) is 23.3 Å². The summed E-state index contributed by atoms with van der Waals surface area (Å²) in [6.07, 6.45) is 1.10. The van der Waals surface area contributed by atoms with Gasteiger partial charge in [-0.05, 0) is 29.5 Å². The number of benzene rings is 2. The lowest BCUT2D eigenvalue weighted by molar-refractivity contribution is 0.373. The van der Waals surface area contributed by atoms with Crippen LogP contribution in [0.25, 0.3) is 18.5 Å². The Morgan fingerprint density at radius 1 is 1.28 bits per heavy atom. The van der Waals surface area contributed by atoms with E-state index in [9.17, 15) is 18.7 Å². The number of ether oxygens (including phenoxy) is 1. The van der Waals surface area contributed by atoms with Crippen LogP contribution in [-0.2, 0) is 7.05 Å². The molecule has 29 heavy (non-hydrogen) atoms. The maximum atomic E-state index is 14.7. The van der Waals surface area contributed by atoms with E-state index in [1.165, 1.54) is 26.3 Å². The van der Waals surface area contributed by atoms with Crippen LogP contribution in [0.5, 0.6) is 11.5 Å². The van der Waals surface area contributed by atoms with Gasteiger partial charge in [0, 0.05) is 18.5 Å². The third kappa shape index (κ3) is 3.00. The van der Waals surface area contributed by atoms with Crippen molar-refractivity contribution in [2.45, 2.75) is 0 Å². The second-order valence-corrected chi connectivity index (χ2v) is 6.16. The molecular formula is C20H16F2N4O3. The number of hydrogen-bond donors (Lipinski definition) is 2. The number of phenols is 1. The van der Waals surface area contributed by atoms with Gasteiger partial charge >= 0.3 is 5.69 Å². The Morgan fingerprint density at radius 3 is 2.41 bits per heavy atom. The fourth-order valence-corrected chi connectivity index (χ4v) is 3.12. The van der Waals surface area contributed by atoms with Crippen LogP contribution in [0.15, 0.2) is 29.1 Å². The fraction of sp³-hybridized carbons (Fsp3) is 0.100. The number of methoxy groups -OCH3 is 1. The Kier molecular flexibility index (Phi) is 4.86. The van der Waals surface area contributed by atoms with E-state index in [1.807, 2.05) is 0 Å². The Balaban J connectivity index is 2.71. The van der Waals surface area contributed by atoms with E-state index in [2.05, 4.69) is 6.58 Å². The fourth-order valence-electron chi connectivity index (χ4n) is 3.12. The summed E-state index contributed by atoms with van der Waals surface area (Å²) in [7, 11) is 2.74. The lowest BCUT2D eigenvalue weighted by atomic mass is 10.2. The van der Waals surface area contributed by atoms with Gasteiger partial charge in [-0.3, -0.25) is 9.13 Å². The smallest absolute Gasteiger partial charge is 0.333 e. The predicted molar refractivity (Wildman–Crippen MR) is 101 cm³/mol. The van der Waals surface area contributed by atoms with E-state index in [0.717, 1.165) is 27.5 Å². The summed E-state index contributed by atoms with van der Waals surface area (Å²) < 4.78 is 36.4. The average Bonchev–Trinajstić information content (AvgIpc) is 2.93. The molecule has 0 saturated carbocycles. The molecule has 3 rings (SSSR count). The minimum Gasteiger partial charge on any atom is -0.504 e. The van der Waals surface area contributed by atoms with E-state index >= 15 is 0 Å². The van der Waals surface area contributed by atoms with Crippen molar-refractivity contribution in [1.29, 1.82) is 5.26 Å². The molecule has 0 fully saturated rings. The van der Waals surface area contributed by atoms with Crippen LogP contribution in [0, 0.1) is 33.5 Å². The maximum Gasteiger partial charge on any atom is 0.333 e. The number of nitrogens with zero attached hydrogens (tertiary/aromatic N) is 3. The van der Waals surface area contributed by atoms with Gasteiger partial charge in [-0.25, -0.2) is 13.6 Å². The molecule has 0 saturated heterocycles. The molecule has 2 aromatic carbocycles. The highest BCUT2D eigenvalue weighted by molar-refractivity contribution is 5.45. The third-order valence-corrected chi connectivity index (χ3v) is 4.49. The Hall–Kier alpha value is -4.06. The van der Waals surface area contributed by atoms with Crippen LogP contribution >= 0.6 is 0 Å². The van der Waals surface area contributed by atoms with Crippen molar-refractivity contribution >= 4 is 12.8 Å². The van der Waals surface area contributed by atoms with Crippen molar-refractivity contribution in [3.63, 3.8) is 0 Å². The van der Waals surface area contributed by atoms with E-state index in [0.29, 0.717) is 5.22 Å². The standard InChI is InChI=1S/C20H16F2N4O3/c1-10-4-17(29-3)16(27)7-12(10)18-15(9-24)25(2)20(28)26(18)19-13(21)5-11(8-23)6-14(19)22/h4-7,9,27H,1,24H2,2-3H3/b15-9+,18-12+. The predicted octanol–water partition coefficient (Wildman–Crippen LogP) is 0.434. The number of aromatic hydroxyl groups is 1. The molecule has 0 spiro atoms. The summed E-state index contributed by atoms with van der Waals surface area (Å²) in [6, 6.07) is 5.97. The number of halogens is 2. The van der Waals surface area contributed by atoms with E-state index in [1.54, 1.807) is 6.07 Å². The number of rotatable bonds is 2. The van der Waals surface area contributed by atoms with Gasteiger partial charge < -0.3 is 15.6 Å². The summed E-state index contributed by atoms with van der Waals surface area (Å²) in [4.78, 5) is 12.9. The maximum absolute atomic E-state index is 14.7. The molecule has 1 heterocycles. The minimum atomic E-state index is -1.11. The molecule has 3 N–H and O–H groups in total. The molecule has 0 atom stereocenters. The zero-order valence-corrected chi connectivity index (χ0v) is 15.5. The van der Waals surface area contributed by atoms with Gasteiger partial charge in [0.15, 0.2) is 23.1 Å². The van der Waals surface area contributed by atoms with Crippen LogP contribution in [0.2, 0.25) is 0 Å². The third-order valence-electron chi connectivity index (χ3n) is 4.49. The molecule has 0 unspecified atom stereocenters. The van der Waals surface area contributed by atoms with E-state index in [-0.39, 0.29) is 33.0 Å². The van der Waals surface area contributed by atoms with Crippen LogP contribution < -0.4 is 26.7 Å². The van der Waals surface area contributed by atoms with Gasteiger partial charge in [0.05, 0.1) is 29.4 Å². The highest BCUT2D eigenvalue weighted by Crippen LogP contribution is 2.23. The van der Waals surface area contributed by atoms with Crippen LogP contribution in [0.1, 0.15) is 5.56 Å². The van der Waals surface area contributed by atoms with Gasteiger partial charge in [0.1, 0.15) is 5.69 Å². The van der Waals surface area contributed by atoms with Gasteiger partial charge in [-0.15, -0.1) is 0 Å². The first-order valence-electron chi connectivity index (χ1n) is 8.24. The molecule has 3 aromatic rings. The van der Waals surface area contributed by atoms with Crippen molar-refractivity contribution in [3.05, 3.63) is 73.1 Å². The largest absolute Gasteiger partial charge is 0.504 e. The Bertz CT molecular complexity index is 1430. The number of imidazole rings is 1. The number of nitriles is 1. The zero-order chi connectivity index (χ0) is 21.5. The van der Waals surface area contributed by atoms with Gasteiger partial charge in [0.2, 0.25) is 0 Å².